The molecule has 3 nitrogen and oxygen atoms in total. The van der Waals surface area contributed by atoms with Crippen LogP contribution in [-0.4, -0.2) is 41.3 Å². The largest absolute Gasteiger partial charge is 0.394 e. The molecule has 3 heteroatoms. The monoisotopic (exact) mass is 158 g/mol. The van der Waals surface area contributed by atoms with E-state index < -0.39 is 0 Å². The predicted octanol–water partition coefficient (Wildman–Crippen LogP) is -0.210. The van der Waals surface area contributed by atoms with Crippen LogP contribution >= 0.6 is 0 Å². The number of aliphatic hydroxyl groups is 1. The molecule has 0 aromatic heterocycles. The Morgan fingerprint density at radius 2 is 2.27 bits per heavy atom. The highest BCUT2D eigenvalue weighted by molar-refractivity contribution is 4.94. The Morgan fingerprint density at radius 3 is 2.55 bits per heavy atom. The molecule has 0 aliphatic carbocycles. The Bertz CT molecular complexity index is 138. The quantitative estimate of drug-likeness (QED) is 0.584. The summed E-state index contributed by atoms with van der Waals surface area (Å²) in [6.07, 6.45) is 0.918. The van der Waals surface area contributed by atoms with E-state index in [9.17, 15) is 0 Å². The maximum absolute atomic E-state index is 8.97. The first-order valence-corrected chi connectivity index (χ1v) is 4.21. The normalized spacial score (nSPS) is 33.5. The first kappa shape index (κ1) is 8.97. The number of nitrogens with two attached hydrogens (primary N) is 1. The van der Waals surface area contributed by atoms with Crippen LogP contribution < -0.4 is 5.73 Å². The van der Waals surface area contributed by atoms with Gasteiger partial charge < -0.3 is 10.8 Å². The van der Waals surface area contributed by atoms with Crippen LogP contribution in [-0.2, 0) is 0 Å². The third kappa shape index (κ3) is 1.92. The molecule has 3 N–H and O–H groups in total. The van der Waals surface area contributed by atoms with Gasteiger partial charge in [-0.15, -0.1) is 0 Å². The molecule has 0 radical (unpaired) electrons. The molecule has 0 amide bonds. The maximum atomic E-state index is 8.97. The second kappa shape index (κ2) is 3.09. The maximum Gasteiger partial charge on any atom is 0.0624 e. The number of hydrogen-bond acceptors (Lipinski definition) is 3. The highest BCUT2D eigenvalue weighted by Gasteiger charge is 2.34. The van der Waals surface area contributed by atoms with Crippen LogP contribution in [0.1, 0.15) is 20.3 Å². The molecule has 11 heavy (non-hydrogen) atoms. The van der Waals surface area contributed by atoms with Crippen LogP contribution in [0.25, 0.3) is 0 Å². The van der Waals surface area contributed by atoms with E-state index in [-0.39, 0.29) is 12.1 Å². The standard InChI is InChI=1S/C8H18N2O/c1-7(2)10-4-3-8(9,5-10)6-11/h7,11H,3-6,9H2,1-2H3. The van der Waals surface area contributed by atoms with Crippen molar-refractivity contribution in [1.82, 2.24) is 4.90 Å². The fraction of sp³-hybridized carbons (Fsp3) is 1.00. The van der Waals surface area contributed by atoms with Crippen molar-refractivity contribution in [3.63, 3.8) is 0 Å². The van der Waals surface area contributed by atoms with E-state index in [0.29, 0.717) is 6.04 Å². The third-order valence-electron chi connectivity index (χ3n) is 2.46. The lowest BCUT2D eigenvalue weighted by Crippen LogP contribution is -2.46. The minimum Gasteiger partial charge on any atom is -0.394 e. The summed E-state index contributed by atoms with van der Waals surface area (Å²) >= 11 is 0. The van der Waals surface area contributed by atoms with Crippen molar-refractivity contribution in [1.29, 1.82) is 0 Å². The van der Waals surface area contributed by atoms with Gasteiger partial charge in [0.1, 0.15) is 0 Å². The summed E-state index contributed by atoms with van der Waals surface area (Å²) in [5.41, 5.74) is 5.57. The summed E-state index contributed by atoms with van der Waals surface area (Å²) in [6.45, 7) is 6.28. The van der Waals surface area contributed by atoms with Gasteiger partial charge >= 0.3 is 0 Å². The lowest BCUT2D eigenvalue weighted by atomic mass is 10.0. The number of nitrogens with zero attached hydrogens (tertiary/aromatic N) is 1. The third-order valence-corrected chi connectivity index (χ3v) is 2.46. The molecule has 1 aliphatic rings. The van der Waals surface area contributed by atoms with Gasteiger partial charge in [0.15, 0.2) is 0 Å². The Balaban J connectivity index is 2.46. The molecule has 1 heterocycles. The second-order valence-electron chi connectivity index (χ2n) is 3.83. The van der Waals surface area contributed by atoms with Gasteiger partial charge in [-0.1, -0.05) is 0 Å². The van der Waals surface area contributed by atoms with E-state index in [2.05, 4.69) is 18.7 Å². The van der Waals surface area contributed by atoms with Crippen molar-refractivity contribution in [3.05, 3.63) is 0 Å². The molecular formula is C8H18N2O. The molecule has 0 aromatic rings. The molecule has 1 fully saturated rings. The summed E-state index contributed by atoms with van der Waals surface area (Å²) in [4.78, 5) is 2.30. The van der Waals surface area contributed by atoms with Gasteiger partial charge in [-0.3, -0.25) is 4.90 Å². The SMILES string of the molecule is CC(C)N1CCC(N)(CO)C1. The van der Waals surface area contributed by atoms with Gasteiger partial charge in [0.2, 0.25) is 0 Å². The van der Waals surface area contributed by atoms with Gasteiger partial charge in [0.25, 0.3) is 0 Å². The Hall–Kier alpha value is -0.120. The van der Waals surface area contributed by atoms with E-state index >= 15 is 0 Å². The van der Waals surface area contributed by atoms with Gasteiger partial charge in [0.05, 0.1) is 12.1 Å². The van der Waals surface area contributed by atoms with Crippen molar-refractivity contribution in [2.24, 2.45) is 5.73 Å². The van der Waals surface area contributed by atoms with E-state index in [1.165, 1.54) is 0 Å². The van der Waals surface area contributed by atoms with Crippen molar-refractivity contribution in [3.8, 4) is 0 Å². The van der Waals surface area contributed by atoms with Crippen LogP contribution in [0.2, 0.25) is 0 Å². The van der Waals surface area contributed by atoms with Crippen LogP contribution in [0, 0.1) is 0 Å². The summed E-state index contributed by atoms with van der Waals surface area (Å²) < 4.78 is 0. The van der Waals surface area contributed by atoms with Crippen LogP contribution in [0.4, 0.5) is 0 Å². The smallest absolute Gasteiger partial charge is 0.0624 e. The van der Waals surface area contributed by atoms with Crippen molar-refractivity contribution in [2.45, 2.75) is 31.8 Å². The highest BCUT2D eigenvalue weighted by atomic mass is 16.3. The van der Waals surface area contributed by atoms with Gasteiger partial charge in [-0.2, -0.15) is 0 Å². The molecule has 1 atom stereocenters. The zero-order valence-corrected chi connectivity index (χ0v) is 7.38. The number of rotatable bonds is 2. The topological polar surface area (TPSA) is 49.5 Å². The average molecular weight is 158 g/mol. The number of hydrogen-bond donors (Lipinski definition) is 2. The zero-order valence-electron chi connectivity index (χ0n) is 7.38. The minimum absolute atomic E-state index is 0.107. The van der Waals surface area contributed by atoms with Gasteiger partial charge in [-0.25, -0.2) is 0 Å². The van der Waals surface area contributed by atoms with E-state index in [4.69, 9.17) is 10.8 Å². The summed E-state index contributed by atoms with van der Waals surface area (Å²) in [5, 5.41) is 8.97. The number of aliphatic hydroxyl groups excluding tert-OH is 1. The predicted molar refractivity (Wildman–Crippen MR) is 45.3 cm³/mol. The minimum atomic E-state index is -0.329. The van der Waals surface area contributed by atoms with Crippen LogP contribution in [0.5, 0.6) is 0 Å². The fourth-order valence-electron chi connectivity index (χ4n) is 1.50. The summed E-state index contributed by atoms with van der Waals surface area (Å²) in [6, 6.07) is 0.548. The molecule has 1 saturated heterocycles. The van der Waals surface area contributed by atoms with E-state index in [1.807, 2.05) is 0 Å². The molecule has 0 saturated carbocycles. The van der Waals surface area contributed by atoms with E-state index in [1.54, 1.807) is 0 Å². The highest BCUT2D eigenvalue weighted by Crippen LogP contribution is 2.19. The summed E-state index contributed by atoms with van der Waals surface area (Å²) in [7, 11) is 0. The second-order valence-corrected chi connectivity index (χ2v) is 3.83. The molecule has 1 rings (SSSR count). The fourth-order valence-corrected chi connectivity index (χ4v) is 1.50. The molecule has 1 aliphatic heterocycles. The lowest BCUT2D eigenvalue weighted by Gasteiger charge is -2.24. The lowest BCUT2D eigenvalue weighted by molar-refractivity contribution is 0.184. The van der Waals surface area contributed by atoms with Crippen molar-refractivity contribution in [2.75, 3.05) is 19.7 Å². The molecule has 66 valence electrons. The average Bonchev–Trinajstić information content (AvgIpc) is 2.33. The zero-order chi connectivity index (χ0) is 8.48. The van der Waals surface area contributed by atoms with Gasteiger partial charge in [-0.05, 0) is 20.3 Å². The molecular weight excluding hydrogens is 140 g/mol. The molecule has 0 aromatic carbocycles. The van der Waals surface area contributed by atoms with Crippen LogP contribution in [0.15, 0.2) is 0 Å². The Morgan fingerprint density at radius 1 is 1.64 bits per heavy atom. The van der Waals surface area contributed by atoms with E-state index in [0.717, 1.165) is 19.5 Å². The molecule has 1 unspecified atom stereocenters. The molecule has 0 spiro atoms. The Kier molecular flexibility index (Phi) is 2.52. The van der Waals surface area contributed by atoms with Crippen molar-refractivity contribution >= 4 is 0 Å². The first-order valence-electron chi connectivity index (χ1n) is 4.21. The Labute approximate surface area is 68.2 Å². The summed E-state index contributed by atoms with van der Waals surface area (Å²) in [5.74, 6) is 0. The van der Waals surface area contributed by atoms with Crippen molar-refractivity contribution < 1.29 is 5.11 Å². The number of likely N-dealkylation sites (tertiary alicyclic amines) is 1. The van der Waals surface area contributed by atoms with Crippen LogP contribution in [0.3, 0.4) is 0 Å². The first-order chi connectivity index (χ1) is 5.07. The van der Waals surface area contributed by atoms with Gasteiger partial charge in [0, 0.05) is 19.1 Å². The molecule has 0 bridgehead atoms.